The van der Waals surface area contributed by atoms with Gasteiger partial charge in [-0.3, -0.25) is 0 Å². The molecule has 12 heavy (non-hydrogen) atoms. The van der Waals surface area contributed by atoms with Gasteiger partial charge in [-0.15, -0.1) is 0 Å². The third-order valence-corrected chi connectivity index (χ3v) is 2.23. The summed E-state index contributed by atoms with van der Waals surface area (Å²) < 4.78 is 5.50. The van der Waals surface area contributed by atoms with Gasteiger partial charge in [0.1, 0.15) is 0 Å². The molecule has 0 bridgehead atoms. The van der Waals surface area contributed by atoms with E-state index < -0.39 is 0 Å². The normalized spacial score (nSPS) is 12.3. The Bertz CT molecular complexity index is 157. The first-order valence-corrected chi connectivity index (χ1v) is 5.38. The van der Waals surface area contributed by atoms with Crippen molar-refractivity contribution >= 4 is 10.2 Å². The zero-order valence-corrected chi connectivity index (χ0v) is 10.8. The Labute approximate surface area is 78.2 Å². The highest BCUT2D eigenvalue weighted by molar-refractivity contribution is 6.21. The number of ether oxygens (including phenoxy) is 1. The van der Waals surface area contributed by atoms with Gasteiger partial charge in [-0.05, 0) is 13.8 Å². The van der Waals surface area contributed by atoms with E-state index in [2.05, 4.69) is 12.2 Å². The van der Waals surface area contributed by atoms with Crippen molar-refractivity contribution in [3.8, 4) is 0 Å². The fourth-order valence-electron chi connectivity index (χ4n) is 1.05. The third kappa shape index (κ3) is 3.66. The molecule has 3 nitrogen and oxygen atoms in total. The highest BCUT2D eigenvalue weighted by Crippen LogP contribution is 2.03. The van der Waals surface area contributed by atoms with E-state index in [1.54, 1.807) is 0 Å². The Morgan fingerprint density at radius 1 is 1.42 bits per heavy atom. The summed E-state index contributed by atoms with van der Waals surface area (Å²) in [6.45, 7) is 5.79. The van der Waals surface area contributed by atoms with Crippen molar-refractivity contribution in [1.82, 2.24) is 10.2 Å². The summed E-state index contributed by atoms with van der Waals surface area (Å²) >= 11 is 0. The second kappa shape index (κ2) is 5.94. The summed E-state index contributed by atoms with van der Waals surface area (Å²) in [5, 5.41) is 4.51. The van der Waals surface area contributed by atoms with Crippen LogP contribution in [-0.2, 0) is 4.74 Å². The molecule has 0 spiro atoms. The van der Waals surface area contributed by atoms with Gasteiger partial charge in [-0.2, -0.15) is 0 Å². The van der Waals surface area contributed by atoms with E-state index in [0.29, 0.717) is 0 Å². The molecule has 0 aromatic carbocycles. The smallest absolute Gasteiger partial charge is 0.202 e. The second-order valence-corrected chi connectivity index (χ2v) is 3.79. The van der Waals surface area contributed by atoms with Crippen LogP contribution in [0.2, 0.25) is 0 Å². The maximum atomic E-state index is 5.50. The van der Waals surface area contributed by atoms with Crippen molar-refractivity contribution in [3.05, 3.63) is 11.2 Å². The molecule has 0 fully saturated rings. The summed E-state index contributed by atoms with van der Waals surface area (Å²) in [5.41, 5.74) is 0. The van der Waals surface area contributed by atoms with E-state index in [4.69, 9.17) is 4.74 Å². The molecule has 1 N–H and O–H groups in total. The lowest BCUT2D eigenvalue weighted by Gasteiger charge is -2.20. The van der Waals surface area contributed by atoms with Crippen molar-refractivity contribution in [1.29, 1.82) is 0 Å². The van der Waals surface area contributed by atoms with Crippen LogP contribution in [-0.4, -0.2) is 42.4 Å². The Morgan fingerprint density at radius 2 is 2.00 bits per heavy atom. The van der Waals surface area contributed by atoms with Crippen molar-refractivity contribution in [2.75, 3.05) is 27.2 Å². The maximum absolute atomic E-state index is 5.50. The quantitative estimate of drug-likeness (QED) is 0.473. The van der Waals surface area contributed by atoms with Crippen LogP contribution in [0.25, 0.3) is 0 Å². The van der Waals surface area contributed by atoms with Gasteiger partial charge in [-0.25, -0.2) is 0 Å². The summed E-state index contributed by atoms with van der Waals surface area (Å²) in [6.07, 6.45) is 0. The molecule has 0 saturated heterocycles. The molecule has 0 aliphatic heterocycles. The van der Waals surface area contributed by atoms with Crippen molar-refractivity contribution in [3.63, 3.8) is 0 Å². The Morgan fingerprint density at radius 3 is 2.33 bits per heavy atom. The Hall–Kier alpha value is -0.643. The minimum atomic E-state index is 0.727. The van der Waals surface area contributed by atoms with E-state index in [1.165, 1.54) is 5.32 Å². The van der Waals surface area contributed by atoms with Gasteiger partial charge in [-0.1, -0.05) is 0 Å². The SMILES string of the molecule is CCNC([SiH3])=C(OCC)N(C)C. The topological polar surface area (TPSA) is 24.5 Å². The minimum Gasteiger partial charge on any atom is -0.478 e. The number of nitrogens with zero attached hydrogens (tertiary/aromatic N) is 1. The highest BCUT2D eigenvalue weighted by atomic mass is 28.1. The predicted molar refractivity (Wildman–Crippen MR) is 56.0 cm³/mol. The zero-order valence-electron chi connectivity index (χ0n) is 8.77. The molecule has 0 atom stereocenters. The number of rotatable bonds is 5. The van der Waals surface area contributed by atoms with Crippen LogP contribution in [0, 0.1) is 0 Å². The van der Waals surface area contributed by atoms with Gasteiger partial charge < -0.3 is 15.0 Å². The average Bonchev–Trinajstić information content (AvgIpc) is 1.99. The average molecular weight is 188 g/mol. The molecular weight excluding hydrogens is 168 g/mol. The molecule has 0 amide bonds. The van der Waals surface area contributed by atoms with E-state index in [0.717, 1.165) is 29.3 Å². The lowest BCUT2D eigenvalue weighted by molar-refractivity contribution is 0.148. The lowest BCUT2D eigenvalue weighted by Crippen LogP contribution is -2.23. The van der Waals surface area contributed by atoms with Crippen molar-refractivity contribution in [2.24, 2.45) is 0 Å². The van der Waals surface area contributed by atoms with Gasteiger partial charge in [0.25, 0.3) is 0 Å². The van der Waals surface area contributed by atoms with E-state index >= 15 is 0 Å². The van der Waals surface area contributed by atoms with Gasteiger partial charge in [0.2, 0.25) is 5.88 Å². The summed E-state index contributed by atoms with van der Waals surface area (Å²) in [4.78, 5) is 2.01. The van der Waals surface area contributed by atoms with Gasteiger partial charge in [0, 0.05) is 26.0 Å². The number of hydrogen-bond donors (Lipinski definition) is 1. The van der Waals surface area contributed by atoms with Crippen LogP contribution in [0.5, 0.6) is 0 Å². The first-order valence-electron chi connectivity index (χ1n) is 4.38. The second-order valence-electron chi connectivity index (χ2n) is 2.79. The minimum absolute atomic E-state index is 0.727. The van der Waals surface area contributed by atoms with Crippen LogP contribution in [0.1, 0.15) is 13.8 Å². The first-order chi connectivity index (χ1) is 5.63. The van der Waals surface area contributed by atoms with E-state index in [9.17, 15) is 0 Å². The largest absolute Gasteiger partial charge is 0.478 e. The van der Waals surface area contributed by atoms with Crippen LogP contribution in [0.3, 0.4) is 0 Å². The summed E-state index contributed by atoms with van der Waals surface area (Å²) in [6, 6.07) is 0. The Balaban J connectivity index is 4.32. The molecule has 0 aromatic rings. The van der Waals surface area contributed by atoms with Gasteiger partial charge >= 0.3 is 0 Å². The monoisotopic (exact) mass is 188 g/mol. The lowest BCUT2D eigenvalue weighted by atomic mass is 10.6. The van der Waals surface area contributed by atoms with Crippen molar-refractivity contribution in [2.45, 2.75) is 13.8 Å². The van der Waals surface area contributed by atoms with Crippen LogP contribution in [0.4, 0.5) is 0 Å². The zero-order chi connectivity index (χ0) is 9.56. The predicted octanol–water partition coefficient (Wildman–Crippen LogP) is -0.314. The molecule has 0 aliphatic carbocycles. The molecule has 4 heteroatoms. The standard InChI is InChI=1S/C8H20N2OSi/c1-5-9-7(12)8(10(3)4)11-6-2/h9H,5-6H2,1-4,12H3. The molecule has 0 unspecified atom stereocenters. The van der Waals surface area contributed by atoms with Crippen LogP contribution >= 0.6 is 0 Å². The van der Waals surface area contributed by atoms with Crippen molar-refractivity contribution < 1.29 is 4.74 Å². The van der Waals surface area contributed by atoms with Gasteiger partial charge in [0.15, 0.2) is 0 Å². The molecule has 0 heterocycles. The fraction of sp³-hybridized carbons (Fsp3) is 0.750. The van der Waals surface area contributed by atoms with Gasteiger partial charge in [0.05, 0.1) is 16.8 Å². The number of nitrogens with one attached hydrogen (secondary N) is 1. The molecule has 0 aromatic heterocycles. The number of hydrogen-bond acceptors (Lipinski definition) is 3. The summed E-state index contributed by atoms with van der Waals surface area (Å²) in [5.74, 6) is 0.978. The summed E-state index contributed by atoms with van der Waals surface area (Å²) in [7, 11) is 5.00. The fourth-order valence-corrected chi connectivity index (χ4v) is 2.00. The Kier molecular flexibility index (Phi) is 5.62. The van der Waals surface area contributed by atoms with Crippen LogP contribution in [0.15, 0.2) is 11.2 Å². The molecule has 0 rings (SSSR count). The highest BCUT2D eigenvalue weighted by Gasteiger charge is 2.03. The maximum Gasteiger partial charge on any atom is 0.202 e. The first kappa shape index (κ1) is 11.4. The molecule has 0 saturated carbocycles. The molecule has 72 valence electrons. The van der Waals surface area contributed by atoms with E-state index in [-0.39, 0.29) is 0 Å². The van der Waals surface area contributed by atoms with E-state index in [1.807, 2.05) is 25.9 Å². The molecule has 0 radical (unpaired) electrons. The third-order valence-electron chi connectivity index (χ3n) is 1.45. The van der Waals surface area contributed by atoms with Crippen LogP contribution < -0.4 is 5.32 Å². The molecular formula is C8H20N2OSi. The molecule has 0 aliphatic rings.